The molecule has 4 aromatic rings. The van der Waals surface area contributed by atoms with Gasteiger partial charge in [0.15, 0.2) is 5.79 Å². The van der Waals surface area contributed by atoms with Gasteiger partial charge in [-0.05, 0) is 36.1 Å². The van der Waals surface area contributed by atoms with Crippen molar-refractivity contribution in [2.45, 2.75) is 42.2 Å². The highest BCUT2D eigenvalue weighted by molar-refractivity contribution is 7.81. The van der Waals surface area contributed by atoms with Crippen LogP contribution in [0.4, 0.5) is 0 Å². The van der Waals surface area contributed by atoms with Gasteiger partial charge in [-0.3, -0.25) is 0 Å². The Balaban J connectivity index is 1.76. The molecule has 1 aliphatic heterocycles. The van der Waals surface area contributed by atoms with E-state index >= 15 is 0 Å². The lowest BCUT2D eigenvalue weighted by molar-refractivity contribution is -0.166. The van der Waals surface area contributed by atoms with Gasteiger partial charge in [-0.1, -0.05) is 121 Å². The van der Waals surface area contributed by atoms with E-state index in [9.17, 15) is 5.11 Å². The first kappa shape index (κ1) is 23.8. The smallest absolute Gasteiger partial charge is 0.164 e. The van der Waals surface area contributed by atoms with Gasteiger partial charge >= 0.3 is 0 Å². The van der Waals surface area contributed by atoms with Gasteiger partial charge in [-0.25, -0.2) is 0 Å². The van der Waals surface area contributed by atoms with Crippen LogP contribution in [0, 0.1) is 0 Å². The average Bonchev–Trinajstić information content (AvgIpc) is 3.26. The Morgan fingerprint density at radius 1 is 0.571 bits per heavy atom. The molecule has 1 heterocycles. The molecule has 0 spiro atoms. The minimum Gasteiger partial charge on any atom is -0.378 e. The van der Waals surface area contributed by atoms with E-state index in [2.05, 4.69) is 24.3 Å². The van der Waals surface area contributed by atoms with Crippen LogP contribution in [-0.4, -0.2) is 23.1 Å². The summed E-state index contributed by atoms with van der Waals surface area (Å²) in [6, 6.07) is 39.5. The lowest BCUT2D eigenvalue weighted by Crippen LogP contribution is -2.53. The van der Waals surface area contributed by atoms with E-state index < -0.39 is 28.3 Å². The van der Waals surface area contributed by atoms with Crippen molar-refractivity contribution in [3.05, 3.63) is 144 Å². The molecule has 4 aromatic carbocycles. The Hall–Kier alpha value is -2.89. The fraction of sp³-hybridized carbons (Fsp3) is 0.226. The third kappa shape index (κ3) is 4.21. The number of hydrogen-bond acceptors (Lipinski definition) is 4. The largest absolute Gasteiger partial charge is 0.378 e. The maximum Gasteiger partial charge on any atom is 0.164 e. The summed E-state index contributed by atoms with van der Waals surface area (Å²) in [5.41, 5.74) is 1.92. The highest BCUT2D eigenvalue weighted by atomic mass is 32.1. The molecule has 0 aliphatic carbocycles. The molecule has 0 saturated carbocycles. The van der Waals surface area contributed by atoms with Gasteiger partial charge in [-0.15, -0.1) is 0 Å². The molecule has 3 nitrogen and oxygen atoms in total. The Bertz CT molecular complexity index is 1070. The molecular weight excluding hydrogens is 452 g/mol. The highest BCUT2D eigenvalue weighted by Crippen LogP contribution is 2.52. The summed E-state index contributed by atoms with van der Waals surface area (Å²) in [6.45, 7) is 3.78. The Labute approximate surface area is 212 Å². The molecule has 0 radical (unpaired) electrons. The van der Waals surface area contributed by atoms with Gasteiger partial charge < -0.3 is 14.6 Å². The summed E-state index contributed by atoms with van der Waals surface area (Å²) in [7, 11) is 0. The number of thiol groups is 1. The van der Waals surface area contributed by atoms with Crippen LogP contribution in [-0.2, 0) is 19.8 Å². The summed E-state index contributed by atoms with van der Waals surface area (Å²) in [6.07, 6.45) is -1.39. The molecular formula is C31H30O3S. The van der Waals surface area contributed by atoms with Gasteiger partial charge in [0, 0.05) is 0 Å². The van der Waals surface area contributed by atoms with E-state index in [1.807, 2.05) is 111 Å². The molecule has 178 valence electrons. The van der Waals surface area contributed by atoms with Crippen molar-refractivity contribution in [2.24, 2.45) is 0 Å². The zero-order valence-electron chi connectivity index (χ0n) is 19.9. The molecule has 0 amide bonds. The van der Waals surface area contributed by atoms with E-state index in [1.165, 1.54) is 0 Å². The molecule has 1 fully saturated rings. The van der Waals surface area contributed by atoms with Crippen molar-refractivity contribution in [2.75, 3.05) is 0 Å². The van der Waals surface area contributed by atoms with Crippen LogP contribution in [0.2, 0.25) is 0 Å². The Morgan fingerprint density at radius 3 is 1.26 bits per heavy atom. The molecule has 35 heavy (non-hydrogen) atoms. The van der Waals surface area contributed by atoms with Crippen molar-refractivity contribution in [1.29, 1.82) is 0 Å². The SMILES string of the molecule is CC1(C)O[C@H](C(O)(c2ccccc2)c2ccccc2)[C@@H](C(S)(c2ccccc2)c2ccccc2)O1. The summed E-state index contributed by atoms with van der Waals surface area (Å²) >= 11 is 5.37. The summed E-state index contributed by atoms with van der Waals surface area (Å²) in [5, 5.41) is 12.7. The molecule has 1 N–H and O–H groups in total. The first-order valence-corrected chi connectivity index (χ1v) is 12.3. The maximum atomic E-state index is 12.7. The van der Waals surface area contributed by atoms with Crippen LogP contribution in [0.25, 0.3) is 0 Å². The zero-order valence-corrected chi connectivity index (χ0v) is 20.8. The van der Waals surface area contributed by atoms with Crippen molar-refractivity contribution >= 4 is 12.6 Å². The number of ether oxygens (including phenoxy) is 2. The highest BCUT2D eigenvalue weighted by Gasteiger charge is 2.60. The van der Waals surface area contributed by atoms with E-state index in [-0.39, 0.29) is 0 Å². The molecule has 2 atom stereocenters. The van der Waals surface area contributed by atoms with Gasteiger partial charge in [0.05, 0.1) is 4.75 Å². The maximum absolute atomic E-state index is 12.7. The predicted molar refractivity (Wildman–Crippen MR) is 142 cm³/mol. The van der Waals surface area contributed by atoms with Crippen molar-refractivity contribution < 1.29 is 14.6 Å². The molecule has 4 heteroatoms. The predicted octanol–water partition coefficient (Wildman–Crippen LogP) is 6.32. The van der Waals surface area contributed by atoms with Gasteiger partial charge in [-0.2, -0.15) is 12.6 Å². The molecule has 5 rings (SSSR count). The first-order valence-electron chi connectivity index (χ1n) is 11.9. The lowest BCUT2D eigenvalue weighted by Gasteiger charge is -2.43. The Morgan fingerprint density at radius 2 is 0.886 bits per heavy atom. The number of benzene rings is 4. The quantitative estimate of drug-likeness (QED) is 0.316. The first-order chi connectivity index (χ1) is 16.9. The van der Waals surface area contributed by atoms with E-state index in [0.717, 1.165) is 22.3 Å². The third-order valence-electron chi connectivity index (χ3n) is 6.78. The zero-order chi connectivity index (χ0) is 24.5. The van der Waals surface area contributed by atoms with Crippen LogP contribution in [0.3, 0.4) is 0 Å². The second-order valence-corrected chi connectivity index (χ2v) is 10.2. The van der Waals surface area contributed by atoms with Crippen LogP contribution in [0.1, 0.15) is 36.1 Å². The molecule has 1 aliphatic rings. The molecule has 0 unspecified atom stereocenters. The molecule has 1 saturated heterocycles. The van der Waals surface area contributed by atoms with Crippen molar-refractivity contribution in [1.82, 2.24) is 0 Å². The van der Waals surface area contributed by atoms with Gasteiger partial charge in [0.1, 0.15) is 17.8 Å². The monoisotopic (exact) mass is 482 g/mol. The van der Waals surface area contributed by atoms with Gasteiger partial charge in [0.25, 0.3) is 0 Å². The molecule has 0 bridgehead atoms. The topological polar surface area (TPSA) is 38.7 Å². The van der Waals surface area contributed by atoms with Crippen molar-refractivity contribution in [3.8, 4) is 0 Å². The lowest BCUT2D eigenvalue weighted by atomic mass is 9.74. The normalized spacial score (nSPS) is 20.0. The van der Waals surface area contributed by atoms with Crippen molar-refractivity contribution in [3.63, 3.8) is 0 Å². The average molecular weight is 483 g/mol. The fourth-order valence-corrected chi connectivity index (χ4v) is 5.62. The minimum absolute atomic E-state index is 0.629. The van der Waals surface area contributed by atoms with Crippen LogP contribution in [0.15, 0.2) is 121 Å². The second-order valence-electron chi connectivity index (χ2n) is 9.47. The molecule has 0 aromatic heterocycles. The summed E-state index contributed by atoms with van der Waals surface area (Å²) in [5.74, 6) is -0.940. The number of hydrogen-bond donors (Lipinski definition) is 2. The standard InChI is InChI=1S/C31H30O3S/c1-29(2)33-27(30(32,23-15-7-3-8-16-23)24-17-9-4-10-18-24)28(34-29)31(35,25-19-11-5-12-20-25)26-21-13-6-14-22-26/h3-22,27-28,32,35H,1-2H3/t27-,28-/m0/s1. The third-order valence-corrected chi connectivity index (χ3v) is 7.55. The minimum atomic E-state index is -1.49. The van der Waals surface area contributed by atoms with E-state index in [4.69, 9.17) is 22.1 Å². The van der Waals surface area contributed by atoms with Gasteiger partial charge in [0.2, 0.25) is 0 Å². The van der Waals surface area contributed by atoms with Crippen LogP contribution in [0.5, 0.6) is 0 Å². The van der Waals surface area contributed by atoms with Crippen LogP contribution >= 0.6 is 12.6 Å². The second kappa shape index (κ2) is 9.29. The van der Waals surface area contributed by atoms with E-state index in [1.54, 1.807) is 0 Å². The number of rotatable bonds is 6. The Kier molecular flexibility index (Phi) is 6.32. The number of aliphatic hydroxyl groups is 1. The van der Waals surface area contributed by atoms with Crippen LogP contribution < -0.4 is 0 Å². The fourth-order valence-electron chi connectivity index (χ4n) is 5.13. The van der Waals surface area contributed by atoms with E-state index in [0.29, 0.717) is 0 Å². The summed E-state index contributed by atoms with van der Waals surface area (Å²) in [4.78, 5) is 0. The summed E-state index contributed by atoms with van der Waals surface area (Å²) < 4.78 is 12.4.